The Balaban J connectivity index is 1.58. The van der Waals surface area contributed by atoms with E-state index in [-0.39, 0.29) is 18.4 Å². The molecule has 0 bridgehead atoms. The highest BCUT2D eigenvalue weighted by Gasteiger charge is 2.26. The number of hydrogen-bond donors (Lipinski definition) is 1. The van der Waals surface area contributed by atoms with E-state index in [1.165, 1.54) is 11.8 Å². The topological polar surface area (TPSA) is 58.6 Å². The fraction of sp³-hybridized carbons (Fsp3) is 0.300. The highest BCUT2D eigenvalue weighted by Crippen LogP contribution is 2.34. The average Bonchev–Trinajstić information content (AvgIpc) is 2.64. The summed E-state index contributed by atoms with van der Waals surface area (Å²) in [5.74, 6) is 0.989. The fourth-order valence-corrected chi connectivity index (χ4v) is 3.90. The number of methoxy groups -OCH3 is 1. The number of fused-ring (bicyclic) bond motifs is 1. The second-order valence-corrected chi connectivity index (χ2v) is 7.17. The van der Waals surface area contributed by atoms with E-state index in [0.717, 1.165) is 27.5 Å². The van der Waals surface area contributed by atoms with Crippen molar-refractivity contribution in [2.75, 3.05) is 30.9 Å². The number of carbonyl (C=O) groups excluding carboxylic acids is 2. The van der Waals surface area contributed by atoms with Crippen LogP contribution in [0.2, 0.25) is 0 Å². The smallest absolute Gasteiger partial charge is 0.240 e. The largest absolute Gasteiger partial charge is 0.496 e. The molecule has 6 heteroatoms. The van der Waals surface area contributed by atoms with Gasteiger partial charge in [0, 0.05) is 11.4 Å². The molecule has 0 unspecified atom stereocenters. The number of benzene rings is 2. The highest BCUT2D eigenvalue weighted by molar-refractivity contribution is 8.00. The Labute approximate surface area is 157 Å². The molecule has 26 heavy (non-hydrogen) atoms. The molecule has 2 amide bonds. The Bertz CT molecular complexity index is 822. The van der Waals surface area contributed by atoms with Crippen LogP contribution in [-0.2, 0) is 16.0 Å². The van der Waals surface area contributed by atoms with Gasteiger partial charge in [-0.05, 0) is 37.1 Å². The minimum absolute atomic E-state index is 0.0378. The van der Waals surface area contributed by atoms with E-state index in [9.17, 15) is 9.59 Å². The quantitative estimate of drug-likeness (QED) is 0.850. The molecule has 1 N–H and O–H groups in total. The minimum Gasteiger partial charge on any atom is -0.496 e. The Morgan fingerprint density at radius 3 is 2.88 bits per heavy atom. The molecule has 0 saturated heterocycles. The summed E-state index contributed by atoms with van der Waals surface area (Å²) in [6.45, 7) is 2.57. The van der Waals surface area contributed by atoms with Crippen molar-refractivity contribution in [1.29, 1.82) is 0 Å². The van der Waals surface area contributed by atoms with Gasteiger partial charge in [-0.3, -0.25) is 9.59 Å². The van der Waals surface area contributed by atoms with Gasteiger partial charge in [-0.1, -0.05) is 29.8 Å². The molecule has 136 valence electrons. The van der Waals surface area contributed by atoms with Crippen molar-refractivity contribution in [3.8, 4) is 5.75 Å². The van der Waals surface area contributed by atoms with Crippen molar-refractivity contribution >= 4 is 29.3 Å². The number of carbonyl (C=O) groups is 2. The summed E-state index contributed by atoms with van der Waals surface area (Å²) in [6, 6.07) is 13.7. The van der Waals surface area contributed by atoms with Gasteiger partial charge in [0.15, 0.2) is 0 Å². The molecule has 0 fully saturated rings. The molecule has 2 aromatic carbocycles. The lowest BCUT2D eigenvalue weighted by Gasteiger charge is -2.28. The molecule has 0 atom stereocenters. The van der Waals surface area contributed by atoms with E-state index in [2.05, 4.69) is 11.4 Å². The number of rotatable bonds is 6. The SMILES string of the molecule is COc1ccc(C)cc1CCNC(=O)CN1C(=O)CSc2ccccc21. The van der Waals surface area contributed by atoms with Crippen molar-refractivity contribution in [1.82, 2.24) is 5.32 Å². The van der Waals surface area contributed by atoms with Crippen LogP contribution >= 0.6 is 11.8 Å². The zero-order chi connectivity index (χ0) is 18.5. The van der Waals surface area contributed by atoms with Crippen LogP contribution in [0.3, 0.4) is 0 Å². The molecule has 1 aliphatic heterocycles. The van der Waals surface area contributed by atoms with Crippen molar-refractivity contribution in [3.05, 3.63) is 53.6 Å². The highest BCUT2D eigenvalue weighted by atomic mass is 32.2. The molecular weight excluding hydrogens is 348 g/mol. The van der Waals surface area contributed by atoms with Crippen LogP contribution in [0.15, 0.2) is 47.4 Å². The molecule has 0 radical (unpaired) electrons. The van der Waals surface area contributed by atoms with Gasteiger partial charge in [0.2, 0.25) is 11.8 Å². The van der Waals surface area contributed by atoms with Gasteiger partial charge in [0.05, 0.1) is 18.6 Å². The fourth-order valence-electron chi connectivity index (χ4n) is 2.97. The van der Waals surface area contributed by atoms with Crippen molar-refractivity contribution in [2.45, 2.75) is 18.2 Å². The number of ether oxygens (including phenoxy) is 1. The van der Waals surface area contributed by atoms with Crippen LogP contribution in [0.4, 0.5) is 5.69 Å². The molecule has 5 nitrogen and oxygen atoms in total. The third-order valence-corrected chi connectivity index (χ3v) is 5.31. The van der Waals surface area contributed by atoms with Gasteiger partial charge in [-0.25, -0.2) is 0 Å². The third kappa shape index (κ3) is 4.19. The predicted octanol–water partition coefficient (Wildman–Crippen LogP) is 2.80. The predicted molar refractivity (Wildman–Crippen MR) is 104 cm³/mol. The van der Waals surface area contributed by atoms with Gasteiger partial charge in [0.1, 0.15) is 12.3 Å². The monoisotopic (exact) mass is 370 g/mol. The van der Waals surface area contributed by atoms with Crippen molar-refractivity contribution in [2.24, 2.45) is 0 Å². The maximum atomic E-state index is 12.3. The second kappa shape index (κ2) is 8.27. The summed E-state index contributed by atoms with van der Waals surface area (Å²) < 4.78 is 5.36. The standard InChI is InChI=1S/C20H22N2O3S/c1-14-7-8-17(25-2)15(11-14)9-10-21-19(23)12-22-16-5-3-4-6-18(16)26-13-20(22)24/h3-8,11H,9-10,12-13H2,1-2H3,(H,21,23). The van der Waals surface area contributed by atoms with Gasteiger partial charge >= 0.3 is 0 Å². The first-order valence-corrected chi connectivity index (χ1v) is 9.49. The summed E-state index contributed by atoms with van der Waals surface area (Å²) in [4.78, 5) is 27.1. The lowest BCUT2D eigenvalue weighted by Crippen LogP contribution is -2.43. The summed E-state index contributed by atoms with van der Waals surface area (Å²) in [5, 5.41) is 2.91. The average molecular weight is 370 g/mol. The summed E-state index contributed by atoms with van der Waals surface area (Å²) in [5.41, 5.74) is 3.02. The number of nitrogens with one attached hydrogen (secondary N) is 1. The Hall–Kier alpha value is -2.47. The molecule has 1 heterocycles. The van der Waals surface area contributed by atoms with Gasteiger partial charge in [-0.15, -0.1) is 11.8 Å². The maximum Gasteiger partial charge on any atom is 0.240 e. The van der Waals surface area contributed by atoms with Crippen LogP contribution in [0.25, 0.3) is 0 Å². The van der Waals surface area contributed by atoms with E-state index < -0.39 is 0 Å². The third-order valence-electron chi connectivity index (χ3n) is 4.26. The van der Waals surface area contributed by atoms with Crippen LogP contribution in [-0.4, -0.2) is 37.8 Å². The van der Waals surface area contributed by atoms with Crippen molar-refractivity contribution < 1.29 is 14.3 Å². The van der Waals surface area contributed by atoms with Crippen LogP contribution in [0.1, 0.15) is 11.1 Å². The Kier molecular flexibility index (Phi) is 5.83. The van der Waals surface area contributed by atoms with Crippen LogP contribution < -0.4 is 15.0 Å². The van der Waals surface area contributed by atoms with Crippen LogP contribution in [0, 0.1) is 6.92 Å². The lowest BCUT2D eigenvalue weighted by atomic mass is 10.1. The van der Waals surface area contributed by atoms with E-state index >= 15 is 0 Å². The van der Waals surface area contributed by atoms with Gasteiger partial charge in [0.25, 0.3) is 0 Å². The summed E-state index contributed by atoms with van der Waals surface area (Å²) in [6.07, 6.45) is 0.678. The molecule has 3 rings (SSSR count). The maximum absolute atomic E-state index is 12.3. The molecule has 0 spiro atoms. The second-order valence-electron chi connectivity index (χ2n) is 6.15. The molecule has 2 aromatic rings. The number of hydrogen-bond acceptors (Lipinski definition) is 4. The molecular formula is C20H22N2O3S. The van der Waals surface area contributed by atoms with Crippen LogP contribution in [0.5, 0.6) is 5.75 Å². The summed E-state index contributed by atoms with van der Waals surface area (Å²) in [7, 11) is 1.64. The first-order valence-electron chi connectivity index (χ1n) is 8.51. The Morgan fingerprint density at radius 2 is 2.08 bits per heavy atom. The zero-order valence-corrected chi connectivity index (χ0v) is 15.8. The lowest BCUT2D eigenvalue weighted by molar-refractivity contribution is -0.122. The molecule has 1 aliphatic rings. The first-order chi connectivity index (χ1) is 12.6. The van der Waals surface area contributed by atoms with Gasteiger partial charge < -0.3 is 15.0 Å². The number of nitrogens with zero attached hydrogens (tertiary/aromatic N) is 1. The molecule has 0 saturated carbocycles. The van der Waals surface area contributed by atoms with E-state index in [1.807, 2.05) is 43.3 Å². The number of thioether (sulfide) groups is 1. The number of aryl methyl sites for hydroxylation is 1. The zero-order valence-electron chi connectivity index (χ0n) is 15.0. The van der Waals surface area contributed by atoms with E-state index in [4.69, 9.17) is 4.74 Å². The number of anilines is 1. The van der Waals surface area contributed by atoms with E-state index in [1.54, 1.807) is 12.0 Å². The van der Waals surface area contributed by atoms with Crippen molar-refractivity contribution in [3.63, 3.8) is 0 Å². The molecule has 0 aliphatic carbocycles. The Morgan fingerprint density at radius 1 is 1.27 bits per heavy atom. The first kappa shape index (κ1) is 18.3. The summed E-state index contributed by atoms with van der Waals surface area (Å²) >= 11 is 1.51. The van der Waals surface area contributed by atoms with E-state index in [0.29, 0.717) is 18.7 Å². The van der Waals surface area contributed by atoms with Gasteiger partial charge in [-0.2, -0.15) is 0 Å². The normalized spacial score (nSPS) is 13.3. The minimum atomic E-state index is -0.160. The number of amides is 2. The molecule has 0 aromatic heterocycles. The number of para-hydroxylation sites is 1.